The molecule has 0 bridgehead atoms. The number of anilines is 1. The molecule has 9 heteroatoms. The molecule has 1 amide bonds. The maximum atomic E-state index is 13.9. The van der Waals surface area contributed by atoms with Gasteiger partial charge in [0.15, 0.2) is 17.4 Å². The molecule has 0 radical (unpaired) electrons. The van der Waals surface area contributed by atoms with Gasteiger partial charge in [-0.2, -0.15) is 0 Å². The molecule has 5 rings (SSSR count). The van der Waals surface area contributed by atoms with Gasteiger partial charge in [0.25, 0.3) is 0 Å². The maximum Gasteiger partial charge on any atom is 0.221 e. The summed E-state index contributed by atoms with van der Waals surface area (Å²) in [5, 5.41) is 11.1. The molecule has 0 spiro atoms. The zero-order chi connectivity index (χ0) is 22.9. The van der Waals surface area contributed by atoms with Crippen LogP contribution in [0.4, 0.5) is 10.1 Å². The Morgan fingerprint density at radius 2 is 1.85 bits per heavy atom. The van der Waals surface area contributed by atoms with Crippen LogP contribution in [-0.2, 0) is 4.79 Å². The number of nitrogens with zero attached hydrogens (tertiary/aromatic N) is 5. The Kier molecular flexibility index (Phi) is 5.06. The van der Waals surface area contributed by atoms with Crippen molar-refractivity contribution in [3.63, 3.8) is 0 Å². The van der Waals surface area contributed by atoms with Gasteiger partial charge in [0.1, 0.15) is 12.0 Å². The lowest BCUT2D eigenvalue weighted by atomic mass is 10.1. The zero-order valence-corrected chi connectivity index (χ0v) is 17.9. The van der Waals surface area contributed by atoms with E-state index in [4.69, 9.17) is 4.74 Å². The molecule has 164 valence electrons. The number of ether oxygens (including phenoxy) is 1. The molecule has 0 saturated carbocycles. The largest absolute Gasteiger partial charge is 0.494 e. The third kappa shape index (κ3) is 3.80. The Bertz CT molecular complexity index is 1470. The van der Waals surface area contributed by atoms with Gasteiger partial charge >= 0.3 is 0 Å². The fourth-order valence-corrected chi connectivity index (χ4v) is 3.67. The predicted molar refractivity (Wildman–Crippen MR) is 122 cm³/mol. The molecule has 1 N–H and O–H groups in total. The third-order valence-corrected chi connectivity index (χ3v) is 5.23. The van der Waals surface area contributed by atoms with Crippen molar-refractivity contribution in [2.45, 2.75) is 6.92 Å². The summed E-state index contributed by atoms with van der Waals surface area (Å²) in [5.41, 5.74) is 4.80. The number of amides is 1. The lowest BCUT2D eigenvalue weighted by Gasteiger charge is -2.10. The zero-order valence-electron chi connectivity index (χ0n) is 17.9. The summed E-state index contributed by atoms with van der Waals surface area (Å²) in [5.74, 6) is 0.170. The van der Waals surface area contributed by atoms with Crippen molar-refractivity contribution >= 4 is 17.2 Å². The van der Waals surface area contributed by atoms with Crippen molar-refractivity contribution in [1.29, 1.82) is 0 Å². The Labute approximate surface area is 188 Å². The standard InChI is InChI=1S/C24H19FN6O2/c1-15(32)28-18-6-3-16(4-7-18)21-12-26-23-10-5-17(13-30(21)23)24-29-27-14-31(24)19-8-9-20(25)22(11-19)33-2/h3-14H,1-2H3,(H,28,32). The van der Waals surface area contributed by atoms with Gasteiger partial charge in [-0.1, -0.05) is 12.1 Å². The summed E-state index contributed by atoms with van der Waals surface area (Å²) in [6.07, 6.45) is 5.30. The summed E-state index contributed by atoms with van der Waals surface area (Å²) < 4.78 is 22.7. The molecular weight excluding hydrogens is 423 g/mol. The molecule has 0 aliphatic carbocycles. The number of carbonyl (C=O) groups is 1. The number of nitrogens with one attached hydrogen (secondary N) is 1. The van der Waals surface area contributed by atoms with Gasteiger partial charge in [0, 0.05) is 36.0 Å². The number of benzene rings is 2. The summed E-state index contributed by atoms with van der Waals surface area (Å²) in [7, 11) is 1.42. The van der Waals surface area contributed by atoms with Crippen LogP contribution < -0.4 is 10.1 Å². The van der Waals surface area contributed by atoms with Crippen LogP contribution in [0.25, 0.3) is 34.0 Å². The Balaban J connectivity index is 1.56. The van der Waals surface area contributed by atoms with E-state index in [9.17, 15) is 9.18 Å². The predicted octanol–water partition coefficient (Wildman–Crippen LogP) is 4.36. The number of methoxy groups -OCH3 is 1. The second-order valence-electron chi connectivity index (χ2n) is 7.39. The van der Waals surface area contributed by atoms with Crippen molar-refractivity contribution in [2.75, 3.05) is 12.4 Å². The summed E-state index contributed by atoms with van der Waals surface area (Å²) >= 11 is 0. The van der Waals surface area contributed by atoms with E-state index in [0.717, 1.165) is 28.2 Å². The van der Waals surface area contributed by atoms with Crippen molar-refractivity contribution in [3.8, 4) is 34.1 Å². The van der Waals surface area contributed by atoms with Crippen LogP contribution >= 0.6 is 0 Å². The number of fused-ring (bicyclic) bond motifs is 1. The highest BCUT2D eigenvalue weighted by Gasteiger charge is 2.14. The van der Waals surface area contributed by atoms with E-state index in [-0.39, 0.29) is 11.7 Å². The fourth-order valence-electron chi connectivity index (χ4n) is 3.67. The lowest BCUT2D eigenvalue weighted by molar-refractivity contribution is -0.114. The van der Waals surface area contributed by atoms with E-state index in [1.807, 2.05) is 47.0 Å². The summed E-state index contributed by atoms with van der Waals surface area (Å²) in [4.78, 5) is 15.8. The Hall–Kier alpha value is -4.53. The first-order valence-electron chi connectivity index (χ1n) is 10.1. The van der Waals surface area contributed by atoms with Gasteiger partial charge < -0.3 is 10.1 Å². The van der Waals surface area contributed by atoms with Crippen LogP contribution in [0.3, 0.4) is 0 Å². The number of hydrogen-bond acceptors (Lipinski definition) is 5. The fraction of sp³-hybridized carbons (Fsp3) is 0.0833. The van der Waals surface area contributed by atoms with Gasteiger partial charge in [-0.25, -0.2) is 9.37 Å². The molecule has 33 heavy (non-hydrogen) atoms. The molecule has 5 aromatic rings. The number of pyridine rings is 1. The summed E-state index contributed by atoms with van der Waals surface area (Å²) in [6, 6.07) is 15.9. The highest BCUT2D eigenvalue weighted by molar-refractivity contribution is 5.89. The van der Waals surface area contributed by atoms with Crippen molar-refractivity contribution < 1.29 is 13.9 Å². The van der Waals surface area contributed by atoms with Gasteiger partial charge in [-0.3, -0.25) is 13.8 Å². The van der Waals surface area contributed by atoms with Crippen LogP contribution in [0.5, 0.6) is 5.75 Å². The molecule has 0 saturated heterocycles. The minimum absolute atomic E-state index is 0.120. The molecule has 0 fully saturated rings. The van der Waals surface area contributed by atoms with Crippen LogP contribution in [0.15, 0.2) is 73.3 Å². The topological polar surface area (TPSA) is 86.3 Å². The van der Waals surface area contributed by atoms with Crippen LogP contribution in [0.1, 0.15) is 6.92 Å². The van der Waals surface area contributed by atoms with E-state index in [0.29, 0.717) is 11.5 Å². The van der Waals surface area contributed by atoms with E-state index in [1.54, 1.807) is 29.2 Å². The minimum atomic E-state index is -0.440. The SMILES string of the molecule is COc1cc(-n2cnnc2-c2ccc3ncc(-c4ccc(NC(C)=O)cc4)n3c2)ccc1F. The molecule has 8 nitrogen and oxygen atoms in total. The van der Waals surface area contributed by atoms with E-state index in [2.05, 4.69) is 20.5 Å². The van der Waals surface area contributed by atoms with Gasteiger partial charge in [0.05, 0.1) is 24.7 Å². The highest BCUT2D eigenvalue weighted by atomic mass is 19.1. The maximum absolute atomic E-state index is 13.9. The first kappa shape index (κ1) is 20.4. The van der Waals surface area contributed by atoms with Gasteiger partial charge in [0.2, 0.25) is 5.91 Å². The lowest BCUT2D eigenvalue weighted by Crippen LogP contribution is -2.05. The Morgan fingerprint density at radius 1 is 1.06 bits per heavy atom. The monoisotopic (exact) mass is 442 g/mol. The normalized spacial score (nSPS) is 11.0. The molecule has 3 aromatic heterocycles. The molecule has 0 aliphatic heterocycles. The van der Waals surface area contributed by atoms with Gasteiger partial charge in [-0.05, 0) is 36.4 Å². The molecule has 0 atom stereocenters. The number of halogens is 1. The molecular formula is C24H19FN6O2. The Morgan fingerprint density at radius 3 is 2.61 bits per heavy atom. The van der Waals surface area contributed by atoms with Gasteiger partial charge in [-0.15, -0.1) is 10.2 Å². The second-order valence-corrected chi connectivity index (χ2v) is 7.39. The first-order chi connectivity index (χ1) is 16.0. The molecule has 3 heterocycles. The summed E-state index contributed by atoms with van der Waals surface area (Å²) in [6.45, 7) is 1.47. The number of imidazole rings is 1. The number of rotatable bonds is 5. The average Bonchev–Trinajstić information content (AvgIpc) is 3.46. The number of aromatic nitrogens is 5. The minimum Gasteiger partial charge on any atom is -0.494 e. The first-order valence-corrected chi connectivity index (χ1v) is 10.1. The smallest absolute Gasteiger partial charge is 0.221 e. The van der Waals surface area contributed by atoms with Crippen molar-refractivity contribution in [1.82, 2.24) is 24.1 Å². The van der Waals surface area contributed by atoms with E-state index >= 15 is 0 Å². The molecule has 0 unspecified atom stereocenters. The highest BCUT2D eigenvalue weighted by Crippen LogP contribution is 2.28. The quantitative estimate of drug-likeness (QED) is 0.437. The third-order valence-electron chi connectivity index (χ3n) is 5.23. The van der Waals surface area contributed by atoms with Crippen molar-refractivity contribution in [3.05, 3.63) is 79.1 Å². The van der Waals surface area contributed by atoms with E-state index in [1.165, 1.54) is 20.1 Å². The second kappa shape index (κ2) is 8.19. The van der Waals surface area contributed by atoms with Crippen LogP contribution in [-0.4, -0.2) is 37.2 Å². The van der Waals surface area contributed by atoms with E-state index < -0.39 is 5.82 Å². The molecule has 0 aliphatic rings. The number of carbonyl (C=O) groups excluding carboxylic acids is 1. The average molecular weight is 442 g/mol. The van der Waals surface area contributed by atoms with Crippen LogP contribution in [0, 0.1) is 5.82 Å². The molecule has 2 aromatic carbocycles. The van der Waals surface area contributed by atoms with Crippen LogP contribution in [0.2, 0.25) is 0 Å². The number of hydrogen-bond donors (Lipinski definition) is 1. The van der Waals surface area contributed by atoms with Crippen molar-refractivity contribution in [2.24, 2.45) is 0 Å².